The molecule has 0 N–H and O–H groups in total. The maximum absolute atomic E-state index is 13.0. The molecule has 0 unspecified atom stereocenters. The summed E-state index contributed by atoms with van der Waals surface area (Å²) in [6, 6.07) is 0.150. The van der Waals surface area contributed by atoms with Crippen molar-refractivity contribution < 1.29 is 19.1 Å². The van der Waals surface area contributed by atoms with Crippen LogP contribution in [0.4, 0.5) is 9.59 Å². The minimum Gasteiger partial charge on any atom is -0.378 e. The summed E-state index contributed by atoms with van der Waals surface area (Å²) in [6.45, 7) is 11.9. The lowest BCUT2D eigenvalue weighted by atomic mass is 10.3. The van der Waals surface area contributed by atoms with Crippen molar-refractivity contribution in [3.05, 3.63) is 0 Å². The van der Waals surface area contributed by atoms with E-state index in [2.05, 4.69) is 13.8 Å². The Morgan fingerprint density at radius 3 is 1.36 bits per heavy atom. The van der Waals surface area contributed by atoms with E-state index >= 15 is 0 Å². The van der Waals surface area contributed by atoms with Gasteiger partial charge in [-0.3, -0.25) is 0 Å². The molecule has 4 amide bonds. The highest BCUT2D eigenvalue weighted by Gasteiger charge is 2.26. The molecule has 2 aliphatic heterocycles. The number of hydrogen-bond acceptors (Lipinski definition) is 4. The molecule has 0 spiro atoms. The van der Waals surface area contributed by atoms with Gasteiger partial charge in [0.2, 0.25) is 0 Å². The van der Waals surface area contributed by atoms with E-state index in [1.54, 1.807) is 0 Å². The van der Waals surface area contributed by atoms with Crippen LogP contribution < -0.4 is 0 Å². The highest BCUT2D eigenvalue weighted by atomic mass is 16.5. The second-order valence-electron chi connectivity index (χ2n) is 7.45. The van der Waals surface area contributed by atoms with Crippen molar-refractivity contribution in [2.75, 3.05) is 78.8 Å². The van der Waals surface area contributed by atoms with Crippen LogP contribution in [0.5, 0.6) is 0 Å². The third-order valence-corrected chi connectivity index (χ3v) is 5.31. The highest BCUT2D eigenvalue weighted by molar-refractivity contribution is 5.76. The van der Waals surface area contributed by atoms with Crippen molar-refractivity contribution in [3.63, 3.8) is 0 Å². The van der Waals surface area contributed by atoms with Gasteiger partial charge in [-0.15, -0.1) is 0 Å². The molecule has 0 aromatic carbocycles. The van der Waals surface area contributed by atoms with E-state index in [1.165, 1.54) is 0 Å². The number of nitrogens with zero attached hydrogens (tertiary/aromatic N) is 4. The zero-order chi connectivity index (χ0) is 20.2. The van der Waals surface area contributed by atoms with Crippen LogP contribution >= 0.6 is 0 Å². The third-order valence-electron chi connectivity index (χ3n) is 5.31. The lowest BCUT2D eigenvalue weighted by molar-refractivity contribution is 0.0383. The van der Waals surface area contributed by atoms with Crippen LogP contribution in [0.1, 0.15) is 39.5 Å². The summed E-state index contributed by atoms with van der Waals surface area (Å²) in [5, 5.41) is 0. The summed E-state index contributed by atoms with van der Waals surface area (Å²) in [5.74, 6) is 0. The van der Waals surface area contributed by atoms with Crippen molar-refractivity contribution in [1.29, 1.82) is 0 Å². The van der Waals surface area contributed by atoms with E-state index in [0.717, 1.165) is 38.8 Å². The van der Waals surface area contributed by atoms with Gasteiger partial charge < -0.3 is 29.1 Å². The number of rotatable bonds is 9. The molecule has 0 atom stereocenters. The van der Waals surface area contributed by atoms with E-state index in [9.17, 15) is 9.59 Å². The Morgan fingerprint density at radius 1 is 0.679 bits per heavy atom. The molecule has 8 heteroatoms. The molecule has 28 heavy (non-hydrogen) atoms. The summed E-state index contributed by atoms with van der Waals surface area (Å²) >= 11 is 0. The molecular weight excluding hydrogens is 360 g/mol. The molecule has 0 aromatic heterocycles. The molecule has 2 fully saturated rings. The van der Waals surface area contributed by atoms with Gasteiger partial charge in [0.15, 0.2) is 0 Å². The van der Waals surface area contributed by atoms with Crippen LogP contribution in [0, 0.1) is 0 Å². The lowest BCUT2D eigenvalue weighted by Gasteiger charge is -2.36. The molecule has 2 aliphatic rings. The zero-order valence-electron chi connectivity index (χ0n) is 17.7. The quantitative estimate of drug-likeness (QED) is 0.597. The summed E-state index contributed by atoms with van der Waals surface area (Å²) in [7, 11) is 0. The first kappa shape index (κ1) is 22.7. The summed E-state index contributed by atoms with van der Waals surface area (Å²) in [6.07, 6.45) is 4.03. The fraction of sp³-hybridized carbons (Fsp3) is 0.900. The first-order chi connectivity index (χ1) is 13.7. The SMILES string of the molecule is CCCCN(CCN(CCCC)C(=O)N1CCOCC1)C(=O)N1CCOCC1. The number of unbranched alkanes of at least 4 members (excludes halogenated alkanes) is 2. The van der Waals surface area contributed by atoms with E-state index in [-0.39, 0.29) is 12.1 Å². The highest BCUT2D eigenvalue weighted by Crippen LogP contribution is 2.09. The molecule has 0 aromatic rings. The number of hydrogen-bond donors (Lipinski definition) is 0. The van der Waals surface area contributed by atoms with Gasteiger partial charge in [0.25, 0.3) is 0 Å². The van der Waals surface area contributed by atoms with E-state index in [4.69, 9.17) is 9.47 Å². The Morgan fingerprint density at radius 2 is 1.04 bits per heavy atom. The number of ether oxygens (including phenoxy) is 2. The van der Waals surface area contributed by atoms with Crippen LogP contribution in [0.25, 0.3) is 0 Å². The van der Waals surface area contributed by atoms with Crippen LogP contribution in [-0.4, -0.2) is 110 Å². The second kappa shape index (κ2) is 12.8. The van der Waals surface area contributed by atoms with Gasteiger partial charge in [-0.2, -0.15) is 0 Å². The number of carbonyl (C=O) groups excluding carboxylic acids is 2. The smallest absolute Gasteiger partial charge is 0.320 e. The van der Waals surface area contributed by atoms with Crippen LogP contribution in [-0.2, 0) is 9.47 Å². The Labute approximate surface area is 169 Å². The normalized spacial score (nSPS) is 17.5. The van der Waals surface area contributed by atoms with Crippen molar-refractivity contribution in [3.8, 4) is 0 Å². The number of amides is 4. The first-order valence-corrected chi connectivity index (χ1v) is 10.9. The minimum atomic E-state index is 0.0750. The zero-order valence-corrected chi connectivity index (χ0v) is 17.7. The van der Waals surface area contributed by atoms with Crippen LogP contribution in [0.2, 0.25) is 0 Å². The minimum absolute atomic E-state index is 0.0750. The van der Waals surface area contributed by atoms with Crippen molar-refractivity contribution in [2.24, 2.45) is 0 Å². The Bertz CT molecular complexity index is 423. The van der Waals surface area contributed by atoms with Crippen molar-refractivity contribution >= 4 is 12.1 Å². The van der Waals surface area contributed by atoms with E-state index < -0.39 is 0 Å². The molecular formula is C20H38N4O4. The number of urea groups is 2. The topological polar surface area (TPSA) is 65.6 Å². The Balaban J connectivity index is 1.95. The Kier molecular flexibility index (Phi) is 10.4. The lowest BCUT2D eigenvalue weighted by Crippen LogP contribution is -2.53. The average molecular weight is 399 g/mol. The Hall–Kier alpha value is -1.54. The molecule has 8 nitrogen and oxygen atoms in total. The third kappa shape index (κ3) is 7.13. The van der Waals surface area contributed by atoms with Crippen molar-refractivity contribution in [1.82, 2.24) is 19.6 Å². The van der Waals surface area contributed by atoms with Gasteiger partial charge in [0, 0.05) is 52.4 Å². The van der Waals surface area contributed by atoms with Gasteiger partial charge in [-0.05, 0) is 12.8 Å². The predicted molar refractivity (Wildman–Crippen MR) is 109 cm³/mol. The van der Waals surface area contributed by atoms with Gasteiger partial charge in [0.1, 0.15) is 0 Å². The maximum atomic E-state index is 13.0. The molecule has 162 valence electrons. The standard InChI is InChI=1S/C20H38N4O4/c1-3-5-7-21(19(25)23-11-15-27-16-12-23)9-10-22(8-6-4-2)20(26)24-13-17-28-18-14-24/h3-18H2,1-2H3. The molecule has 2 saturated heterocycles. The molecule has 0 aliphatic carbocycles. The van der Waals surface area contributed by atoms with E-state index in [1.807, 2.05) is 19.6 Å². The fourth-order valence-corrected chi connectivity index (χ4v) is 3.45. The molecule has 2 heterocycles. The van der Waals surface area contributed by atoms with E-state index in [0.29, 0.717) is 65.7 Å². The van der Waals surface area contributed by atoms with Gasteiger partial charge >= 0.3 is 12.1 Å². The number of carbonyl (C=O) groups is 2. The van der Waals surface area contributed by atoms with Gasteiger partial charge in [-0.1, -0.05) is 26.7 Å². The summed E-state index contributed by atoms with van der Waals surface area (Å²) in [4.78, 5) is 33.5. The van der Waals surface area contributed by atoms with Crippen LogP contribution in [0.15, 0.2) is 0 Å². The largest absolute Gasteiger partial charge is 0.378 e. The molecule has 0 bridgehead atoms. The number of morpholine rings is 2. The monoisotopic (exact) mass is 398 g/mol. The second-order valence-corrected chi connectivity index (χ2v) is 7.45. The predicted octanol–water partition coefficient (Wildman–Crippen LogP) is 2.10. The van der Waals surface area contributed by atoms with Gasteiger partial charge in [0.05, 0.1) is 26.4 Å². The average Bonchev–Trinajstić information content (AvgIpc) is 2.76. The fourth-order valence-electron chi connectivity index (χ4n) is 3.45. The first-order valence-electron chi connectivity index (χ1n) is 10.9. The molecule has 0 saturated carbocycles. The summed E-state index contributed by atoms with van der Waals surface area (Å²) in [5.41, 5.74) is 0. The van der Waals surface area contributed by atoms with Crippen LogP contribution in [0.3, 0.4) is 0 Å². The van der Waals surface area contributed by atoms with Gasteiger partial charge in [-0.25, -0.2) is 9.59 Å². The summed E-state index contributed by atoms with van der Waals surface area (Å²) < 4.78 is 10.7. The molecule has 0 radical (unpaired) electrons. The maximum Gasteiger partial charge on any atom is 0.320 e. The van der Waals surface area contributed by atoms with Crippen molar-refractivity contribution in [2.45, 2.75) is 39.5 Å². The molecule has 2 rings (SSSR count).